The molecule has 1 atom stereocenters. The Bertz CT molecular complexity index is 383. The normalized spacial score (nSPS) is 18.6. The molecule has 1 aromatic rings. The first-order chi connectivity index (χ1) is 8.76. The Morgan fingerprint density at radius 2 is 2.00 bits per heavy atom. The van der Waals surface area contributed by atoms with Gasteiger partial charge in [0.15, 0.2) is 0 Å². The van der Waals surface area contributed by atoms with Crippen LogP contribution in [0.25, 0.3) is 0 Å². The first-order valence-electron chi connectivity index (χ1n) is 7.18. The van der Waals surface area contributed by atoms with E-state index in [2.05, 4.69) is 25.1 Å². The molecule has 0 saturated heterocycles. The molecule has 2 N–H and O–H groups in total. The van der Waals surface area contributed by atoms with Crippen molar-refractivity contribution in [3.63, 3.8) is 0 Å². The molecule has 1 saturated carbocycles. The van der Waals surface area contributed by atoms with E-state index in [9.17, 15) is 0 Å². The average molecular weight is 247 g/mol. The maximum absolute atomic E-state index is 6.44. The molecule has 0 aliphatic heterocycles. The first kappa shape index (κ1) is 13.4. The third-order valence-electron chi connectivity index (χ3n) is 4.23. The SMILES string of the molecule is CCc1cc(C(N)C2CCCCC2)ccc1OC. The second-order valence-electron chi connectivity index (χ2n) is 5.35. The van der Waals surface area contributed by atoms with E-state index < -0.39 is 0 Å². The number of benzene rings is 1. The van der Waals surface area contributed by atoms with Gasteiger partial charge in [-0.15, -0.1) is 0 Å². The summed E-state index contributed by atoms with van der Waals surface area (Å²) in [5.41, 5.74) is 8.99. The van der Waals surface area contributed by atoms with E-state index in [0.29, 0.717) is 5.92 Å². The van der Waals surface area contributed by atoms with E-state index in [4.69, 9.17) is 10.5 Å². The molecule has 100 valence electrons. The Balaban J connectivity index is 2.16. The van der Waals surface area contributed by atoms with Crippen LogP contribution in [0.1, 0.15) is 56.2 Å². The number of hydrogen-bond donors (Lipinski definition) is 1. The minimum atomic E-state index is 0.196. The van der Waals surface area contributed by atoms with Crippen LogP contribution in [0.5, 0.6) is 5.75 Å². The number of ether oxygens (including phenoxy) is 1. The zero-order valence-corrected chi connectivity index (χ0v) is 11.6. The molecule has 0 radical (unpaired) electrons. The van der Waals surface area contributed by atoms with Gasteiger partial charge in [0.2, 0.25) is 0 Å². The van der Waals surface area contributed by atoms with Crippen molar-refractivity contribution < 1.29 is 4.74 Å². The monoisotopic (exact) mass is 247 g/mol. The maximum Gasteiger partial charge on any atom is 0.122 e. The summed E-state index contributed by atoms with van der Waals surface area (Å²) in [4.78, 5) is 0. The summed E-state index contributed by atoms with van der Waals surface area (Å²) in [7, 11) is 1.73. The van der Waals surface area contributed by atoms with E-state index in [1.54, 1.807) is 7.11 Å². The smallest absolute Gasteiger partial charge is 0.122 e. The van der Waals surface area contributed by atoms with Crippen LogP contribution in [0, 0.1) is 5.92 Å². The molecule has 0 amide bonds. The Morgan fingerprint density at radius 3 is 2.61 bits per heavy atom. The van der Waals surface area contributed by atoms with Gasteiger partial charge in [-0.25, -0.2) is 0 Å². The standard InChI is InChI=1S/C16H25NO/c1-3-12-11-14(9-10-15(12)18-2)16(17)13-7-5-4-6-8-13/h9-11,13,16H,3-8,17H2,1-2H3. The van der Waals surface area contributed by atoms with Crippen molar-refractivity contribution in [3.8, 4) is 5.75 Å². The molecule has 18 heavy (non-hydrogen) atoms. The zero-order chi connectivity index (χ0) is 13.0. The minimum Gasteiger partial charge on any atom is -0.496 e. The third-order valence-corrected chi connectivity index (χ3v) is 4.23. The minimum absolute atomic E-state index is 0.196. The summed E-state index contributed by atoms with van der Waals surface area (Å²) in [6.45, 7) is 2.16. The van der Waals surface area contributed by atoms with Crippen LogP contribution in [0.2, 0.25) is 0 Å². The van der Waals surface area contributed by atoms with Crippen molar-refractivity contribution in [2.45, 2.75) is 51.5 Å². The number of rotatable bonds is 4. The molecule has 0 heterocycles. The predicted octanol–water partition coefficient (Wildman–Crippen LogP) is 3.84. The summed E-state index contributed by atoms with van der Waals surface area (Å²) in [6, 6.07) is 6.63. The average Bonchev–Trinajstić information content (AvgIpc) is 2.46. The lowest BCUT2D eigenvalue weighted by molar-refractivity contribution is 0.308. The summed E-state index contributed by atoms with van der Waals surface area (Å²) in [5.74, 6) is 1.65. The second-order valence-corrected chi connectivity index (χ2v) is 5.35. The van der Waals surface area contributed by atoms with Gasteiger partial charge in [-0.3, -0.25) is 0 Å². The molecule has 2 rings (SSSR count). The second kappa shape index (κ2) is 6.24. The molecule has 1 fully saturated rings. The molecule has 1 aliphatic rings. The Morgan fingerprint density at radius 1 is 1.28 bits per heavy atom. The van der Waals surface area contributed by atoms with Crippen LogP contribution in [-0.2, 0) is 6.42 Å². The Kier molecular flexibility index (Phi) is 4.65. The third kappa shape index (κ3) is 2.86. The predicted molar refractivity (Wildman–Crippen MR) is 75.9 cm³/mol. The van der Waals surface area contributed by atoms with Gasteiger partial charge in [0.1, 0.15) is 5.75 Å². The van der Waals surface area contributed by atoms with Crippen molar-refractivity contribution in [2.24, 2.45) is 11.7 Å². The highest BCUT2D eigenvalue weighted by molar-refractivity contribution is 5.38. The van der Waals surface area contributed by atoms with Gasteiger partial charge >= 0.3 is 0 Å². The summed E-state index contributed by atoms with van der Waals surface area (Å²) < 4.78 is 5.38. The molecule has 2 nitrogen and oxygen atoms in total. The van der Waals surface area contributed by atoms with Gasteiger partial charge in [0.25, 0.3) is 0 Å². The largest absolute Gasteiger partial charge is 0.496 e. The van der Waals surface area contributed by atoms with Crippen LogP contribution in [0.3, 0.4) is 0 Å². The van der Waals surface area contributed by atoms with E-state index in [0.717, 1.165) is 12.2 Å². The fourth-order valence-corrected chi connectivity index (χ4v) is 3.05. The molecule has 0 aromatic heterocycles. The van der Waals surface area contributed by atoms with Crippen LogP contribution >= 0.6 is 0 Å². The molecular formula is C16H25NO. The fraction of sp³-hybridized carbons (Fsp3) is 0.625. The van der Waals surface area contributed by atoms with Crippen molar-refractivity contribution in [1.29, 1.82) is 0 Å². The topological polar surface area (TPSA) is 35.2 Å². The van der Waals surface area contributed by atoms with Crippen LogP contribution in [0.15, 0.2) is 18.2 Å². The lowest BCUT2D eigenvalue weighted by Gasteiger charge is -2.28. The van der Waals surface area contributed by atoms with E-state index in [-0.39, 0.29) is 6.04 Å². The number of methoxy groups -OCH3 is 1. The molecule has 1 unspecified atom stereocenters. The van der Waals surface area contributed by atoms with Crippen molar-refractivity contribution in [1.82, 2.24) is 0 Å². The number of aryl methyl sites for hydroxylation is 1. The van der Waals surface area contributed by atoms with E-state index >= 15 is 0 Å². The number of hydrogen-bond acceptors (Lipinski definition) is 2. The van der Waals surface area contributed by atoms with E-state index in [1.807, 2.05) is 0 Å². The molecule has 0 spiro atoms. The Labute approximate surface area is 111 Å². The maximum atomic E-state index is 6.44. The van der Waals surface area contributed by atoms with Gasteiger partial charge in [-0.1, -0.05) is 38.3 Å². The van der Waals surface area contributed by atoms with Crippen LogP contribution < -0.4 is 10.5 Å². The molecule has 1 aliphatic carbocycles. The fourth-order valence-electron chi connectivity index (χ4n) is 3.05. The molecule has 1 aromatic carbocycles. The van der Waals surface area contributed by atoms with Crippen molar-refractivity contribution in [2.75, 3.05) is 7.11 Å². The van der Waals surface area contributed by atoms with Gasteiger partial charge in [0, 0.05) is 6.04 Å². The lowest BCUT2D eigenvalue weighted by Crippen LogP contribution is -2.23. The van der Waals surface area contributed by atoms with Gasteiger partial charge in [-0.2, -0.15) is 0 Å². The highest BCUT2D eigenvalue weighted by Crippen LogP contribution is 2.34. The van der Waals surface area contributed by atoms with E-state index in [1.165, 1.54) is 43.2 Å². The first-order valence-corrected chi connectivity index (χ1v) is 7.18. The highest BCUT2D eigenvalue weighted by atomic mass is 16.5. The molecule has 2 heteroatoms. The molecular weight excluding hydrogens is 222 g/mol. The highest BCUT2D eigenvalue weighted by Gasteiger charge is 2.22. The number of nitrogens with two attached hydrogens (primary N) is 1. The van der Waals surface area contributed by atoms with Gasteiger partial charge in [0.05, 0.1) is 7.11 Å². The van der Waals surface area contributed by atoms with Gasteiger partial charge in [-0.05, 0) is 42.4 Å². The summed E-state index contributed by atoms with van der Waals surface area (Å²) >= 11 is 0. The quantitative estimate of drug-likeness (QED) is 0.877. The lowest BCUT2D eigenvalue weighted by atomic mass is 9.81. The van der Waals surface area contributed by atoms with Gasteiger partial charge < -0.3 is 10.5 Å². The molecule has 0 bridgehead atoms. The zero-order valence-electron chi connectivity index (χ0n) is 11.6. The summed E-state index contributed by atoms with van der Waals surface area (Å²) in [5, 5.41) is 0. The van der Waals surface area contributed by atoms with Crippen molar-refractivity contribution in [3.05, 3.63) is 29.3 Å². The van der Waals surface area contributed by atoms with Crippen LogP contribution in [-0.4, -0.2) is 7.11 Å². The summed E-state index contributed by atoms with van der Waals surface area (Å²) in [6.07, 6.45) is 7.63. The Hall–Kier alpha value is -1.02. The van der Waals surface area contributed by atoms with Crippen molar-refractivity contribution >= 4 is 0 Å². The van der Waals surface area contributed by atoms with Crippen LogP contribution in [0.4, 0.5) is 0 Å².